The third kappa shape index (κ3) is 8.77. The molecule has 2 amide bonds. The van der Waals surface area contributed by atoms with Gasteiger partial charge in [0.2, 0.25) is 0 Å². The number of rotatable bonds is 11. The fourth-order valence-corrected chi connectivity index (χ4v) is 5.99. The Balaban J connectivity index is 1.27. The molecule has 0 spiro atoms. The molecule has 1 unspecified atom stereocenters. The largest absolute Gasteiger partial charge is 0.416 e. The van der Waals surface area contributed by atoms with Crippen LogP contribution < -0.4 is 10.6 Å². The van der Waals surface area contributed by atoms with Crippen molar-refractivity contribution in [1.82, 2.24) is 15.5 Å². The second-order valence-electron chi connectivity index (χ2n) is 11.6. The van der Waals surface area contributed by atoms with Crippen molar-refractivity contribution in [1.29, 1.82) is 0 Å². The molecule has 47 heavy (non-hydrogen) atoms. The van der Waals surface area contributed by atoms with Gasteiger partial charge in [0, 0.05) is 30.8 Å². The lowest BCUT2D eigenvalue weighted by Crippen LogP contribution is -2.48. The Hall–Kier alpha value is -4.25. The van der Waals surface area contributed by atoms with Crippen LogP contribution in [0, 0.1) is 5.82 Å². The van der Waals surface area contributed by atoms with Gasteiger partial charge in [-0.05, 0) is 72.4 Å². The molecule has 4 aromatic carbocycles. The van der Waals surface area contributed by atoms with Gasteiger partial charge < -0.3 is 20.6 Å². The summed E-state index contributed by atoms with van der Waals surface area (Å²) in [6, 6.07) is 23.9. The molecule has 1 heterocycles. The van der Waals surface area contributed by atoms with Crippen LogP contribution in [0.2, 0.25) is 5.02 Å². The zero-order chi connectivity index (χ0) is 33.6. The third-order valence-electron chi connectivity index (χ3n) is 8.23. The first-order chi connectivity index (χ1) is 22.5. The van der Waals surface area contributed by atoms with Crippen LogP contribution in [0.25, 0.3) is 0 Å². The molecule has 0 aromatic heterocycles. The van der Waals surface area contributed by atoms with E-state index in [1.165, 1.54) is 24.3 Å². The van der Waals surface area contributed by atoms with Gasteiger partial charge in [-0.15, -0.1) is 0 Å². The maximum atomic E-state index is 13.8. The van der Waals surface area contributed by atoms with Crippen molar-refractivity contribution in [3.63, 3.8) is 0 Å². The standard InChI is InChI=1S/C36H34ClF4N3O3/c37-29-20-25(14-15-30(29)38)32-13-6-16-44(32)35(47)27-11-5-10-26(19-27)34(46)43-31(18-23-7-2-1-3-8-23)33(45)22-42-21-24-9-4-12-28(17-24)36(39,40)41/h1-5,7-12,14-15,17,19-20,31-33,42,45H,6,13,16,18,21-22H2,(H,43,46)/t31-,32?,33+/m0/s1. The normalized spacial score (nSPS) is 16.1. The van der Waals surface area contributed by atoms with E-state index in [9.17, 15) is 32.3 Å². The van der Waals surface area contributed by atoms with Gasteiger partial charge in [-0.1, -0.05) is 72.3 Å². The molecule has 246 valence electrons. The number of carbonyl (C=O) groups excluding carboxylic acids is 2. The number of aliphatic hydroxyl groups excluding tert-OH is 1. The summed E-state index contributed by atoms with van der Waals surface area (Å²) in [6.45, 7) is 0.572. The Morgan fingerprint density at radius 3 is 2.38 bits per heavy atom. The number of likely N-dealkylation sites (tertiary alicyclic amines) is 1. The Labute approximate surface area is 275 Å². The van der Waals surface area contributed by atoms with Crippen LogP contribution in [0.4, 0.5) is 17.6 Å². The minimum Gasteiger partial charge on any atom is -0.390 e. The zero-order valence-corrected chi connectivity index (χ0v) is 26.1. The van der Waals surface area contributed by atoms with E-state index in [2.05, 4.69) is 10.6 Å². The van der Waals surface area contributed by atoms with Crippen LogP contribution in [0.15, 0.2) is 97.1 Å². The first kappa shape index (κ1) is 34.1. The smallest absolute Gasteiger partial charge is 0.390 e. The Kier molecular flexibility index (Phi) is 11.0. The maximum absolute atomic E-state index is 13.8. The highest BCUT2D eigenvalue weighted by atomic mass is 35.5. The molecule has 1 aliphatic heterocycles. The highest BCUT2D eigenvalue weighted by Gasteiger charge is 2.32. The highest BCUT2D eigenvalue weighted by Crippen LogP contribution is 2.35. The van der Waals surface area contributed by atoms with Gasteiger partial charge in [-0.3, -0.25) is 9.59 Å². The van der Waals surface area contributed by atoms with E-state index in [1.54, 1.807) is 35.2 Å². The van der Waals surface area contributed by atoms with Crippen molar-refractivity contribution in [3.05, 3.63) is 141 Å². The number of amides is 2. The van der Waals surface area contributed by atoms with Gasteiger partial charge >= 0.3 is 6.18 Å². The number of aliphatic hydroxyl groups is 1. The van der Waals surface area contributed by atoms with Crippen molar-refractivity contribution in [2.24, 2.45) is 0 Å². The van der Waals surface area contributed by atoms with Crippen LogP contribution in [-0.2, 0) is 19.1 Å². The summed E-state index contributed by atoms with van der Waals surface area (Å²) in [5.41, 5.74) is 1.77. The second-order valence-corrected chi connectivity index (χ2v) is 12.0. The van der Waals surface area contributed by atoms with Gasteiger partial charge in [-0.25, -0.2) is 4.39 Å². The fraction of sp³-hybridized carbons (Fsp3) is 0.278. The predicted molar refractivity (Wildman–Crippen MR) is 171 cm³/mol. The number of hydrogen-bond acceptors (Lipinski definition) is 4. The van der Waals surface area contributed by atoms with Gasteiger partial charge in [0.05, 0.1) is 28.8 Å². The first-order valence-corrected chi connectivity index (χ1v) is 15.6. The number of alkyl halides is 3. The van der Waals surface area contributed by atoms with Crippen LogP contribution >= 0.6 is 11.6 Å². The predicted octanol–water partition coefficient (Wildman–Crippen LogP) is 6.97. The van der Waals surface area contributed by atoms with E-state index >= 15 is 0 Å². The molecule has 3 N–H and O–H groups in total. The van der Waals surface area contributed by atoms with Gasteiger partial charge in [0.15, 0.2) is 0 Å². The molecule has 0 bridgehead atoms. The van der Waals surface area contributed by atoms with Gasteiger partial charge in [0.25, 0.3) is 11.8 Å². The van der Waals surface area contributed by atoms with Crippen LogP contribution in [0.5, 0.6) is 0 Å². The second kappa shape index (κ2) is 15.1. The zero-order valence-electron chi connectivity index (χ0n) is 25.3. The van der Waals surface area contributed by atoms with E-state index < -0.39 is 35.6 Å². The molecule has 0 radical (unpaired) electrons. The SMILES string of the molecule is O=C(N[C@@H](Cc1ccccc1)[C@H](O)CNCc1cccc(C(F)(F)F)c1)c1cccc(C(=O)N2CCCC2c2ccc(F)c(Cl)c2)c1. The highest BCUT2D eigenvalue weighted by molar-refractivity contribution is 6.30. The maximum Gasteiger partial charge on any atom is 0.416 e. The van der Waals surface area contributed by atoms with Crippen molar-refractivity contribution in [2.75, 3.05) is 13.1 Å². The first-order valence-electron chi connectivity index (χ1n) is 15.3. The van der Waals surface area contributed by atoms with Crippen LogP contribution in [0.3, 0.4) is 0 Å². The molecule has 5 rings (SSSR count). The molecule has 0 saturated carbocycles. The summed E-state index contributed by atoms with van der Waals surface area (Å²) < 4.78 is 53.1. The quantitative estimate of drug-likeness (QED) is 0.151. The lowest BCUT2D eigenvalue weighted by atomic mass is 10.00. The van der Waals surface area contributed by atoms with Crippen LogP contribution in [-0.4, -0.2) is 47.1 Å². The van der Waals surface area contributed by atoms with Gasteiger partial charge in [-0.2, -0.15) is 13.2 Å². The minimum absolute atomic E-state index is 0.00367. The molecule has 11 heteroatoms. The minimum atomic E-state index is -4.46. The van der Waals surface area contributed by atoms with E-state index in [0.717, 1.165) is 29.7 Å². The Bertz CT molecular complexity index is 1700. The topological polar surface area (TPSA) is 81.7 Å². The van der Waals surface area contributed by atoms with E-state index in [0.29, 0.717) is 24.1 Å². The molecule has 0 aliphatic carbocycles. The van der Waals surface area contributed by atoms with Crippen molar-refractivity contribution < 1.29 is 32.3 Å². The number of nitrogens with zero attached hydrogens (tertiary/aromatic N) is 1. The average molecular weight is 668 g/mol. The molecule has 1 aliphatic rings. The van der Waals surface area contributed by atoms with Crippen molar-refractivity contribution in [2.45, 2.75) is 50.2 Å². The molecular formula is C36H34ClF4N3O3. The summed E-state index contributed by atoms with van der Waals surface area (Å²) in [6.07, 6.45) is -3.83. The molecule has 3 atom stereocenters. The third-order valence-corrected chi connectivity index (χ3v) is 8.52. The van der Waals surface area contributed by atoms with E-state index in [-0.39, 0.29) is 42.0 Å². The summed E-state index contributed by atoms with van der Waals surface area (Å²) in [5.74, 6) is -1.31. The van der Waals surface area contributed by atoms with Crippen molar-refractivity contribution in [3.8, 4) is 0 Å². The lowest BCUT2D eigenvalue weighted by Gasteiger charge is -2.26. The molecular weight excluding hydrogens is 634 g/mol. The fourth-order valence-electron chi connectivity index (χ4n) is 5.80. The monoisotopic (exact) mass is 667 g/mol. The van der Waals surface area contributed by atoms with Crippen molar-refractivity contribution >= 4 is 23.4 Å². The Morgan fingerprint density at radius 1 is 0.915 bits per heavy atom. The number of halogens is 5. The molecule has 1 saturated heterocycles. The Morgan fingerprint density at radius 2 is 1.64 bits per heavy atom. The molecule has 1 fully saturated rings. The number of carbonyl (C=O) groups is 2. The van der Waals surface area contributed by atoms with E-state index in [4.69, 9.17) is 11.6 Å². The summed E-state index contributed by atoms with van der Waals surface area (Å²) in [5, 5.41) is 17.0. The van der Waals surface area contributed by atoms with Gasteiger partial charge in [0.1, 0.15) is 5.82 Å². The summed E-state index contributed by atoms with van der Waals surface area (Å²) in [7, 11) is 0. The number of benzene rings is 4. The molecule has 6 nitrogen and oxygen atoms in total. The summed E-state index contributed by atoms with van der Waals surface area (Å²) in [4.78, 5) is 28.8. The molecule has 4 aromatic rings. The number of hydrogen-bond donors (Lipinski definition) is 3. The lowest BCUT2D eigenvalue weighted by molar-refractivity contribution is -0.137. The van der Waals surface area contributed by atoms with Crippen LogP contribution in [0.1, 0.15) is 61.9 Å². The summed E-state index contributed by atoms with van der Waals surface area (Å²) >= 11 is 6.00. The average Bonchev–Trinajstić information content (AvgIpc) is 3.56. The number of nitrogens with one attached hydrogen (secondary N) is 2. The van der Waals surface area contributed by atoms with E-state index in [1.807, 2.05) is 30.3 Å².